The first-order valence-electron chi connectivity index (χ1n) is 18.0. The van der Waals surface area contributed by atoms with Crippen molar-refractivity contribution in [1.82, 2.24) is 29.8 Å². The zero-order chi connectivity index (χ0) is 37.0. The van der Waals surface area contributed by atoms with E-state index >= 15 is 0 Å². The number of esters is 1. The van der Waals surface area contributed by atoms with Crippen LogP contribution in [0.4, 0.5) is 4.79 Å². The summed E-state index contributed by atoms with van der Waals surface area (Å²) in [7, 11) is 3.61. The van der Waals surface area contributed by atoms with Gasteiger partial charge in [0.25, 0.3) is 0 Å². The number of aryl methyl sites for hydroxylation is 1. The van der Waals surface area contributed by atoms with Crippen molar-refractivity contribution in [3.8, 4) is 11.4 Å². The SMILES string of the molecule is B[C@@H]1[C@@H](C)C(=O)[C@@H](C)C(=O)O[C@H](CC)[C@@]2(C)OC(=O)N(CCCCn3cc(-c4ccccn4)nn3)[C@@H]2[C@@H](C)N(C(C)=O)C[C@H](C)C[C@@]1(C)OC. The predicted molar refractivity (Wildman–Crippen MR) is 190 cm³/mol. The Morgan fingerprint density at radius 1 is 1.08 bits per heavy atom. The van der Waals surface area contributed by atoms with Gasteiger partial charge >= 0.3 is 12.1 Å². The Balaban J connectivity index is 1.64. The first-order chi connectivity index (χ1) is 23.6. The highest BCUT2D eigenvalue weighted by molar-refractivity contribution is 6.15. The van der Waals surface area contributed by atoms with E-state index in [1.165, 1.54) is 6.92 Å². The van der Waals surface area contributed by atoms with Gasteiger partial charge in [0.1, 0.15) is 31.3 Å². The van der Waals surface area contributed by atoms with Gasteiger partial charge in [-0.1, -0.05) is 32.1 Å². The molecule has 2 aliphatic heterocycles. The molecule has 2 fully saturated rings. The second kappa shape index (κ2) is 16.0. The number of cyclic esters (lactones) is 1. The predicted octanol–water partition coefficient (Wildman–Crippen LogP) is 3.97. The van der Waals surface area contributed by atoms with Gasteiger partial charge in [0.05, 0.1) is 29.6 Å². The zero-order valence-corrected chi connectivity index (χ0v) is 31.4. The third-order valence-corrected chi connectivity index (χ3v) is 11.3. The lowest BCUT2D eigenvalue weighted by atomic mass is 9.62. The van der Waals surface area contributed by atoms with Crippen molar-refractivity contribution >= 4 is 31.6 Å². The normalized spacial score (nSPS) is 32.9. The number of hydrogen-bond acceptors (Lipinski definition) is 10. The number of rotatable bonds is 8. The van der Waals surface area contributed by atoms with Crippen molar-refractivity contribution in [2.75, 3.05) is 20.2 Å². The number of amides is 2. The molecule has 274 valence electrons. The molecule has 2 aromatic rings. The number of carbonyl (C=O) groups is 4. The fourth-order valence-electron chi connectivity index (χ4n) is 7.98. The van der Waals surface area contributed by atoms with Gasteiger partial charge in [0.2, 0.25) is 5.91 Å². The van der Waals surface area contributed by atoms with Gasteiger partial charge in [-0.15, -0.1) is 5.10 Å². The Morgan fingerprint density at radius 3 is 2.40 bits per heavy atom. The molecule has 4 rings (SSSR count). The number of hydrogen-bond donors (Lipinski definition) is 0. The fourth-order valence-corrected chi connectivity index (χ4v) is 7.98. The van der Waals surface area contributed by atoms with Crippen molar-refractivity contribution in [1.29, 1.82) is 0 Å². The monoisotopic (exact) mass is 694 g/mol. The third-order valence-electron chi connectivity index (χ3n) is 11.3. The quantitative estimate of drug-likeness (QED) is 0.172. The minimum Gasteiger partial charge on any atom is -0.458 e. The van der Waals surface area contributed by atoms with Crippen LogP contribution in [-0.4, -0.2) is 111 Å². The molecular formula is C36H55BN6O7. The highest BCUT2D eigenvalue weighted by Crippen LogP contribution is 2.42. The van der Waals surface area contributed by atoms with E-state index in [9.17, 15) is 19.2 Å². The molecule has 2 aromatic heterocycles. The molecule has 2 amide bonds. The molecule has 0 N–H and O–H groups in total. The van der Waals surface area contributed by atoms with Crippen LogP contribution in [0.2, 0.25) is 5.82 Å². The van der Waals surface area contributed by atoms with Gasteiger partial charge in [-0.3, -0.25) is 28.9 Å². The van der Waals surface area contributed by atoms with E-state index in [0.717, 1.165) is 5.69 Å². The van der Waals surface area contributed by atoms with Crippen molar-refractivity contribution in [2.24, 2.45) is 17.8 Å². The summed E-state index contributed by atoms with van der Waals surface area (Å²) in [6, 6.07) is 4.48. The van der Waals surface area contributed by atoms with Crippen molar-refractivity contribution < 1.29 is 33.4 Å². The minimum absolute atomic E-state index is 0.0187. The number of ether oxygens (including phenoxy) is 3. The molecule has 0 unspecified atom stereocenters. The van der Waals surface area contributed by atoms with Crippen LogP contribution < -0.4 is 0 Å². The zero-order valence-electron chi connectivity index (χ0n) is 31.4. The molecule has 50 heavy (non-hydrogen) atoms. The van der Waals surface area contributed by atoms with E-state index in [4.69, 9.17) is 14.2 Å². The van der Waals surface area contributed by atoms with Crippen LogP contribution in [0, 0.1) is 17.8 Å². The van der Waals surface area contributed by atoms with Crippen LogP contribution in [0.3, 0.4) is 0 Å². The number of methoxy groups -OCH3 is 1. The fraction of sp³-hybridized carbons (Fsp3) is 0.694. The van der Waals surface area contributed by atoms with Crippen molar-refractivity contribution in [3.63, 3.8) is 0 Å². The molecule has 0 bridgehead atoms. The van der Waals surface area contributed by atoms with Crippen molar-refractivity contribution in [2.45, 2.75) is 123 Å². The van der Waals surface area contributed by atoms with E-state index < -0.39 is 53.3 Å². The second-order valence-electron chi connectivity index (χ2n) is 14.8. The summed E-state index contributed by atoms with van der Waals surface area (Å²) in [4.78, 5) is 62.3. The molecule has 14 heteroatoms. The summed E-state index contributed by atoms with van der Waals surface area (Å²) in [5, 5.41) is 8.48. The van der Waals surface area contributed by atoms with Gasteiger partial charge < -0.3 is 19.1 Å². The van der Waals surface area contributed by atoms with E-state index in [1.807, 2.05) is 59.9 Å². The number of unbranched alkanes of at least 4 members (excludes halogenated alkanes) is 1. The van der Waals surface area contributed by atoms with E-state index in [0.29, 0.717) is 51.0 Å². The van der Waals surface area contributed by atoms with Crippen LogP contribution in [-0.2, 0) is 35.1 Å². The molecule has 9 atom stereocenters. The standard InChI is InChI=1S/C36H55BN6O7/c1-10-29-36(8)32(42(34(47)50-36)18-14-13-17-41-21-28(39-40-41)27-15-11-12-16-38-27)25(5)43(26(6)44)20-22(2)19-35(7,48-9)31(37)23(3)30(45)24(4)33(46)49-29/h11-12,15-16,21-25,29,31-32H,10,13-14,17-20,37H2,1-9H3/t22-,23+,24-,25-,29-,31-,32-,35-,36-/m1/s1. The van der Waals surface area contributed by atoms with Gasteiger partial charge in [0.15, 0.2) is 5.60 Å². The molecular weight excluding hydrogens is 639 g/mol. The minimum atomic E-state index is -1.30. The largest absolute Gasteiger partial charge is 0.458 e. The highest BCUT2D eigenvalue weighted by Gasteiger charge is 2.59. The van der Waals surface area contributed by atoms with Crippen LogP contribution in [0.25, 0.3) is 11.4 Å². The van der Waals surface area contributed by atoms with Crippen LogP contribution in [0.15, 0.2) is 30.6 Å². The number of fused-ring (bicyclic) bond motifs is 1. The molecule has 0 radical (unpaired) electrons. The molecule has 0 aliphatic carbocycles. The number of Topliss-reactive ketones (excluding diaryl/α,β-unsaturated/α-hetero) is 1. The second-order valence-corrected chi connectivity index (χ2v) is 14.8. The summed E-state index contributed by atoms with van der Waals surface area (Å²) < 4.78 is 20.1. The number of pyridine rings is 1. The van der Waals surface area contributed by atoms with Gasteiger partial charge in [0, 0.05) is 45.8 Å². The maximum atomic E-state index is 13.8. The van der Waals surface area contributed by atoms with Crippen molar-refractivity contribution in [3.05, 3.63) is 30.6 Å². The molecule has 0 aromatic carbocycles. The Hall–Kier alpha value is -3.81. The highest BCUT2D eigenvalue weighted by atomic mass is 16.6. The lowest BCUT2D eigenvalue weighted by molar-refractivity contribution is -0.171. The van der Waals surface area contributed by atoms with Crippen LogP contribution in [0.5, 0.6) is 0 Å². The molecule has 0 saturated carbocycles. The maximum Gasteiger partial charge on any atom is 0.410 e. The van der Waals surface area contributed by atoms with Crippen LogP contribution in [0.1, 0.15) is 81.1 Å². The van der Waals surface area contributed by atoms with Gasteiger partial charge in [-0.05, 0) is 77.2 Å². The topological polar surface area (TPSA) is 146 Å². The lowest BCUT2D eigenvalue weighted by Crippen LogP contribution is -2.62. The number of aromatic nitrogens is 4. The molecule has 13 nitrogen and oxygen atoms in total. The Morgan fingerprint density at radius 2 is 1.78 bits per heavy atom. The summed E-state index contributed by atoms with van der Waals surface area (Å²) in [5.74, 6) is -2.79. The first kappa shape index (κ1) is 39.0. The maximum absolute atomic E-state index is 13.8. The average Bonchev–Trinajstić information content (AvgIpc) is 3.67. The molecule has 2 saturated heterocycles. The van der Waals surface area contributed by atoms with E-state index in [1.54, 1.807) is 41.6 Å². The summed E-state index contributed by atoms with van der Waals surface area (Å²) in [6.45, 7) is 15.9. The number of ketones is 1. The number of nitrogens with zero attached hydrogens (tertiary/aromatic N) is 6. The van der Waals surface area contributed by atoms with E-state index in [-0.39, 0.29) is 23.4 Å². The number of carbonyl (C=O) groups excluding carboxylic acids is 4. The first-order valence-corrected chi connectivity index (χ1v) is 18.0. The molecule has 0 spiro atoms. The Kier molecular flexibility index (Phi) is 12.5. The third kappa shape index (κ3) is 8.05. The van der Waals surface area contributed by atoms with Crippen LogP contribution >= 0.6 is 0 Å². The Bertz CT molecular complexity index is 1510. The van der Waals surface area contributed by atoms with Gasteiger partial charge in [-0.25, -0.2) is 4.79 Å². The summed E-state index contributed by atoms with van der Waals surface area (Å²) in [5.41, 5.74) is -0.588. The molecule has 4 heterocycles. The smallest absolute Gasteiger partial charge is 0.410 e. The molecule has 2 aliphatic rings. The van der Waals surface area contributed by atoms with E-state index in [2.05, 4.69) is 22.2 Å². The Labute approximate surface area is 297 Å². The summed E-state index contributed by atoms with van der Waals surface area (Å²) in [6.07, 6.45) is 4.38. The average molecular weight is 695 g/mol. The lowest BCUT2D eigenvalue weighted by Gasteiger charge is -2.44. The van der Waals surface area contributed by atoms with Gasteiger partial charge in [-0.2, -0.15) is 0 Å². The summed E-state index contributed by atoms with van der Waals surface area (Å²) >= 11 is 0.